The topological polar surface area (TPSA) is 24.9 Å². The minimum atomic E-state index is 0.811. The van der Waals surface area contributed by atoms with Crippen LogP contribution in [0.2, 0.25) is 0 Å². The summed E-state index contributed by atoms with van der Waals surface area (Å²) in [4.78, 5) is 4.00. The molecule has 0 spiro atoms. The van der Waals surface area contributed by atoms with Crippen LogP contribution < -0.4 is 5.32 Å². The lowest BCUT2D eigenvalue weighted by Gasteiger charge is -2.02. The Morgan fingerprint density at radius 2 is 2.55 bits per heavy atom. The second-order valence-electron chi connectivity index (χ2n) is 2.38. The van der Waals surface area contributed by atoms with Gasteiger partial charge in [0.2, 0.25) is 0 Å². The van der Waals surface area contributed by atoms with Gasteiger partial charge >= 0.3 is 0 Å². The molecule has 0 bridgehead atoms. The summed E-state index contributed by atoms with van der Waals surface area (Å²) in [5, 5.41) is 3.04. The van der Waals surface area contributed by atoms with Crippen LogP contribution in [0.1, 0.15) is 5.56 Å². The SMILES string of the molecule is C=C(CNC)c1cccnc1. The van der Waals surface area contributed by atoms with Gasteiger partial charge in [0.25, 0.3) is 0 Å². The Morgan fingerprint density at radius 3 is 3.09 bits per heavy atom. The standard InChI is InChI=1S/C9H12N2/c1-8(6-10-2)9-4-3-5-11-7-9/h3-5,7,10H,1,6H2,2H3. The van der Waals surface area contributed by atoms with Gasteiger partial charge in [0.1, 0.15) is 0 Å². The summed E-state index contributed by atoms with van der Waals surface area (Å²) in [6, 6.07) is 3.92. The fourth-order valence-corrected chi connectivity index (χ4v) is 0.887. The number of nitrogens with one attached hydrogen (secondary N) is 1. The predicted octanol–water partition coefficient (Wildman–Crippen LogP) is 1.31. The monoisotopic (exact) mass is 148 g/mol. The van der Waals surface area contributed by atoms with E-state index >= 15 is 0 Å². The van der Waals surface area contributed by atoms with Crippen molar-refractivity contribution in [3.05, 3.63) is 36.7 Å². The highest BCUT2D eigenvalue weighted by molar-refractivity contribution is 5.63. The van der Waals surface area contributed by atoms with Gasteiger partial charge in [-0.15, -0.1) is 0 Å². The maximum atomic E-state index is 4.00. The fourth-order valence-electron chi connectivity index (χ4n) is 0.887. The van der Waals surface area contributed by atoms with Crippen molar-refractivity contribution in [1.29, 1.82) is 0 Å². The third-order valence-electron chi connectivity index (χ3n) is 1.46. The molecule has 0 amide bonds. The van der Waals surface area contributed by atoms with Gasteiger partial charge in [-0.05, 0) is 24.3 Å². The number of nitrogens with zero attached hydrogens (tertiary/aromatic N) is 1. The van der Waals surface area contributed by atoms with Crippen molar-refractivity contribution in [3.8, 4) is 0 Å². The van der Waals surface area contributed by atoms with Crippen molar-refractivity contribution in [2.24, 2.45) is 0 Å². The molecule has 1 rings (SSSR count). The number of hydrogen-bond acceptors (Lipinski definition) is 2. The molecule has 0 aliphatic rings. The third-order valence-corrected chi connectivity index (χ3v) is 1.46. The molecule has 1 heterocycles. The van der Waals surface area contributed by atoms with Gasteiger partial charge in [-0.25, -0.2) is 0 Å². The molecular weight excluding hydrogens is 136 g/mol. The first-order valence-electron chi connectivity index (χ1n) is 3.57. The van der Waals surface area contributed by atoms with E-state index in [0.29, 0.717) is 0 Å². The van der Waals surface area contributed by atoms with Crippen LogP contribution in [0, 0.1) is 0 Å². The molecule has 0 fully saturated rings. The minimum absolute atomic E-state index is 0.811. The number of rotatable bonds is 3. The van der Waals surface area contributed by atoms with E-state index in [1.807, 2.05) is 25.4 Å². The number of likely N-dealkylation sites (N-methyl/N-ethyl adjacent to an activating group) is 1. The largest absolute Gasteiger partial charge is 0.316 e. The zero-order chi connectivity index (χ0) is 8.10. The van der Waals surface area contributed by atoms with Gasteiger partial charge in [-0.2, -0.15) is 0 Å². The highest BCUT2D eigenvalue weighted by atomic mass is 14.8. The molecule has 2 nitrogen and oxygen atoms in total. The Hall–Kier alpha value is -1.15. The zero-order valence-electron chi connectivity index (χ0n) is 6.67. The molecule has 1 aromatic rings. The van der Waals surface area contributed by atoms with Crippen LogP contribution >= 0.6 is 0 Å². The summed E-state index contributed by atoms with van der Waals surface area (Å²) in [6.07, 6.45) is 3.58. The molecule has 1 N–H and O–H groups in total. The van der Waals surface area contributed by atoms with E-state index in [-0.39, 0.29) is 0 Å². The molecule has 2 heteroatoms. The van der Waals surface area contributed by atoms with Crippen molar-refractivity contribution in [1.82, 2.24) is 10.3 Å². The van der Waals surface area contributed by atoms with Crippen LogP contribution in [-0.4, -0.2) is 18.6 Å². The second-order valence-corrected chi connectivity index (χ2v) is 2.38. The van der Waals surface area contributed by atoms with E-state index in [1.54, 1.807) is 6.20 Å². The van der Waals surface area contributed by atoms with Gasteiger partial charge in [0.15, 0.2) is 0 Å². The van der Waals surface area contributed by atoms with Gasteiger partial charge in [0.05, 0.1) is 0 Å². The van der Waals surface area contributed by atoms with Gasteiger partial charge < -0.3 is 5.32 Å². The number of aromatic nitrogens is 1. The normalized spacial score (nSPS) is 9.55. The molecule has 0 unspecified atom stereocenters. The smallest absolute Gasteiger partial charge is 0.0343 e. The van der Waals surface area contributed by atoms with Crippen molar-refractivity contribution >= 4 is 5.57 Å². The first-order chi connectivity index (χ1) is 5.34. The van der Waals surface area contributed by atoms with Crippen molar-refractivity contribution < 1.29 is 0 Å². The Morgan fingerprint density at radius 1 is 1.73 bits per heavy atom. The highest BCUT2D eigenvalue weighted by Crippen LogP contribution is 2.07. The molecule has 0 atom stereocenters. The summed E-state index contributed by atoms with van der Waals surface area (Å²) in [5.41, 5.74) is 2.17. The molecule has 0 saturated heterocycles. The molecule has 11 heavy (non-hydrogen) atoms. The summed E-state index contributed by atoms with van der Waals surface area (Å²) in [5.74, 6) is 0. The fraction of sp³-hybridized carbons (Fsp3) is 0.222. The van der Waals surface area contributed by atoms with Gasteiger partial charge in [0, 0.05) is 18.9 Å². The van der Waals surface area contributed by atoms with Crippen molar-refractivity contribution in [3.63, 3.8) is 0 Å². The van der Waals surface area contributed by atoms with E-state index in [2.05, 4.69) is 16.9 Å². The quantitative estimate of drug-likeness (QED) is 0.699. The van der Waals surface area contributed by atoms with E-state index in [1.165, 1.54) is 0 Å². The van der Waals surface area contributed by atoms with Gasteiger partial charge in [-0.1, -0.05) is 12.6 Å². The molecular formula is C9H12N2. The van der Waals surface area contributed by atoms with Crippen LogP contribution in [0.3, 0.4) is 0 Å². The Labute approximate surface area is 67.0 Å². The minimum Gasteiger partial charge on any atom is -0.316 e. The Balaban J connectivity index is 2.69. The first kappa shape index (κ1) is 7.95. The van der Waals surface area contributed by atoms with E-state index in [9.17, 15) is 0 Å². The first-order valence-corrected chi connectivity index (χ1v) is 3.57. The summed E-state index contributed by atoms with van der Waals surface area (Å²) in [6.45, 7) is 4.72. The highest BCUT2D eigenvalue weighted by Gasteiger charge is 1.94. The average molecular weight is 148 g/mol. The lowest BCUT2D eigenvalue weighted by Crippen LogP contribution is -2.08. The average Bonchev–Trinajstić information content (AvgIpc) is 2.07. The van der Waals surface area contributed by atoms with Crippen LogP contribution in [0.25, 0.3) is 5.57 Å². The number of hydrogen-bond donors (Lipinski definition) is 1. The maximum Gasteiger partial charge on any atom is 0.0343 e. The van der Waals surface area contributed by atoms with Crippen molar-refractivity contribution in [2.75, 3.05) is 13.6 Å². The molecule has 0 saturated carbocycles. The van der Waals surface area contributed by atoms with E-state index in [0.717, 1.165) is 17.7 Å². The Kier molecular flexibility index (Phi) is 2.81. The summed E-state index contributed by atoms with van der Waals surface area (Å²) >= 11 is 0. The summed E-state index contributed by atoms with van der Waals surface area (Å²) in [7, 11) is 1.90. The zero-order valence-corrected chi connectivity index (χ0v) is 6.67. The van der Waals surface area contributed by atoms with Crippen LogP contribution in [0.5, 0.6) is 0 Å². The molecule has 58 valence electrons. The van der Waals surface area contributed by atoms with E-state index in [4.69, 9.17) is 0 Å². The predicted molar refractivity (Wildman–Crippen MR) is 47.2 cm³/mol. The Bertz CT molecular complexity index is 229. The molecule has 0 aromatic carbocycles. The summed E-state index contributed by atoms with van der Waals surface area (Å²) < 4.78 is 0. The lowest BCUT2D eigenvalue weighted by atomic mass is 10.1. The van der Waals surface area contributed by atoms with Gasteiger partial charge in [-0.3, -0.25) is 4.98 Å². The van der Waals surface area contributed by atoms with Crippen LogP contribution in [0.4, 0.5) is 0 Å². The van der Waals surface area contributed by atoms with Crippen LogP contribution in [0.15, 0.2) is 31.1 Å². The lowest BCUT2D eigenvalue weighted by molar-refractivity contribution is 0.932. The maximum absolute atomic E-state index is 4.00. The number of pyridine rings is 1. The third kappa shape index (κ3) is 2.16. The molecule has 0 aliphatic heterocycles. The molecule has 0 radical (unpaired) electrons. The van der Waals surface area contributed by atoms with Crippen molar-refractivity contribution in [2.45, 2.75) is 0 Å². The second kappa shape index (κ2) is 3.88. The molecule has 1 aromatic heterocycles. The van der Waals surface area contributed by atoms with Crippen LogP contribution in [-0.2, 0) is 0 Å². The molecule has 0 aliphatic carbocycles. The van der Waals surface area contributed by atoms with E-state index < -0.39 is 0 Å².